The number of hydrogen-bond acceptors (Lipinski definition) is 2. The molecule has 0 fully saturated rings. The molecule has 1 aromatic rings. The van der Waals surface area contributed by atoms with E-state index in [0.29, 0.717) is 6.42 Å². The van der Waals surface area contributed by atoms with Crippen LogP contribution >= 0.6 is 0 Å². The third kappa shape index (κ3) is 3.67. The molecule has 0 saturated heterocycles. The summed E-state index contributed by atoms with van der Waals surface area (Å²) in [4.78, 5) is 10.8. The maximum absolute atomic E-state index is 10.8. The summed E-state index contributed by atoms with van der Waals surface area (Å²) in [5, 5.41) is 0. The molecule has 1 aliphatic carbocycles. The van der Waals surface area contributed by atoms with Crippen LogP contribution in [0, 0.1) is 0 Å². The third-order valence-electron chi connectivity index (χ3n) is 3.56. The normalized spacial score (nSPS) is 18.4. The fourth-order valence-electron chi connectivity index (χ4n) is 2.58. The minimum absolute atomic E-state index is 0.271. The maximum Gasteiger partial charge on any atom is 0.129 e. The second-order valence-electron chi connectivity index (χ2n) is 5.11. The van der Waals surface area contributed by atoms with E-state index in [1.807, 2.05) is 0 Å². The van der Waals surface area contributed by atoms with Crippen molar-refractivity contribution in [3.63, 3.8) is 0 Å². The SMILES string of the molecule is CC(=O)CCCCOC1CCCc2ccccc21. The van der Waals surface area contributed by atoms with E-state index < -0.39 is 0 Å². The molecule has 2 rings (SSSR count). The summed E-state index contributed by atoms with van der Waals surface area (Å²) in [5.74, 6) is 0.276. The quantitative estimate of drug-likeness (QED) is 0.713. The van der Waals surface area contributed by atoms with Gasteiger partial charge in [0.1, 0.15) is 5.78 Å². The fourth-order valence-corrected chi connectivity index (χ4v) is 2.58. The smallest absolute Gasteiger partial charge is 0.129 e. The number of carbonyl (C=O) groups excluding carboxylic acids is 1. The van der Waals surface area contributed by atoms with E-state index in [2.05, 4.69) is 24.3 Å². The minimum atomic E-state index is 0.271. The molecule has 1 unspecified atom stereocenters. The molecule has 0 saturated carbocycles. The average Bonchev–Trinajstić information content (AvgIpc) is 2.38. The minimum Gasteiger partial charge on any atom is -0.374 e. The summed E-state index contributed by atoms with van der Waals surface area (Å²) >= 11 is 0. The number of carbonyl (C=O) groups is 1. The fraction of sp³-hybridized carbons (Fsp3) is 0.562. The number of ether oxygens (including phenoxy) is 1. The summed E-state index contributed by atoms with van der Waals surface area (Å²) in [6, 6.07) is 8.60. The van der Waals surface area contributed by atoms with Crippen LogP contribution in [-0.4, -0.2) is 12.4 Å². The van der Waals surface area contributed by atoms with Crippen molar-refractivity contribution in [2.24, 2.45) is 0 Å². The molecule has 0 radical (unpaired) electrons. The number of aryl methyl sites for hydroxylation is 1. The van der Waals surface area contributed by atoms with E-state index in [-0.39, 0.29) is 11.9 Å². The van der Waals surface area contributed by atoms with E-state index in [0.717, 1.165) is 25.9 Å². The van der Waals surface area contributed by atoms with E-state index in [9.17, 15) is 4.79 Å². The van der Waals surface area contributed by atoms with Crippen molar-refractivity contribution in [1.29, 1.82) is 0 Å². The van der Waals surface area contributed by atoms with Gasteiger partial charge in [0, 0.05) is 13.0 Å². The maximum atomic E-state index is 10.8. The zero-order valence-corrected chi connectivity index (χ0v) is 11.2. The van der Waals surface area contributed by atoms with Crippen molar-refractivity contribution in [3.8, 4) is 0 Å². The van der Waals surface area contributed by atoms with Gasteiger partial charge < -0.3 is 9.53 Å². The Morgan fingerprint density at radius 2 is 2.17 bits per heavy atom. The Bertz CT molecular complexity index is 398. The van der Waals surface area contributed by atoms with E-state index >= 15 is 0 Å². The highest BCUT2D eigenvalue weighted by Crippen LogP contribution is 2.32. The van der Waals surface area contributed by atoms with Gasteiger partial charge in [-0.2, -0.15) is 0 Å². The van der Waals surface area contributed by atoms with Crippen LogP contribution < -0.4 is 0 Å². The van der Waals surface area contributed by atoms with Gasteiger partial charge in [-0.15, -0.1) is 0 Å². The average molecular weight is 246 g/mol. The number of hydrogen-bond donors (Lipinski definition) is 0. The van der Waals surface area contributed by atoms with Crippen molar-refractivity contribution in [1.82, 2.24) is 0 Å². The molecule has 1 aromatic carbocycles. The monoisotopic (exact) mass is 246 g/mol. The summed E-state index contributed by atoms with van der Waals surface area (Å²) in [6.45, 7) is 2.42. The number of Topliss-reactive ketones (excluding diaryl/α,β-unsaturated/α-hetero) is 1. The number of rotatable bonds is 6. The second-order valence-corrected chi connectivity index (χ2v) is 5.11. The van der Waals surface area contributed by atoms with Gasteiger partial charge in [-0.25, -0.2) is 0 Å². The van der Waals surface area contributed by atoms with Crippen molar-refractivity contribution in [3.05, 3.63) is 35.4 Å². The third-order valence-corrected chi connectivity index (χ3v) is 3.56. The molecule has 0 heterocycles. The highest BCUT2D eigenvalue weighted by atomic mass is 16.5. The molecule has 2 heteroatoms. The molecule has 1 atom stereocenters. The number of benzene rings is 1. The Balaban J connectivity index is 1.79. The molecule has 98 valence electrons. The Kier molecular flexibility index (Phi) is 4.94. The molecule has 2 nitrogen and oxygen atoms in total. The van der Waals surface area contributed by atoms with Gasteiger partial charge >= 0.3 is 0 Å². The van der Waals surface area contributed by atoms with Gasteiger partial charge in [-0.1, -0.05) is 24.3 Å². The first-order valence-electron chi connectivity index (χ1n) is 6.96. The predicted molar refractivity (Wildman–Crippen MR) is 72.6 cm³/mol. The molecule has 18 heavy (non-hydrogen) atoms. The van der Waals surface area contributed by atoms with Crippen LogP contribution in [0.1, 0.15) is 56.3 Å². The zero-order chi connectivity index (χ0) is 12.8. The highest BCUT2D eigenvalue weighted by molar-refractivity contribution is 5.75. The van der Waals surface area contributed by atoms with Gasteiger partial charge in [0.15, 0.2) is 0 Å². The van der Waals surface area contributed by atoms with Crippen LogP contribution in [0.3, 0.4) is 0 Å². The number of fused-ring (bicyclic) bond motifs is 1. The van der Waals surface area contributed by atoms with Gasteiger partial charge in [-0.05, 0) is 50.2 Å². The zero-order valence-electron chi connectivity index (χ0n) is 11.2. The first-order valence-corrected chi connectivity index (χ1v) is 6.96. The summed E-state index contributed by atoms with van der Waals surface area (Å²) in [7, 11) is 0. The Morgan fingerprint density at radius 1 is 1.33 bits per heavy atom. The molecular formula is C16H22O2. The lowest BCUT2D eigenvalue weighted by Crippen LogP contribution is -2.13. The molecule has 0 N–H and O–H groups in total. The summed E-state index contributed by atoms with van der Waals surface area (Å²) in [6.07, 6.45) is 6.42. The van der Waals surface area contributed by atoms with Crippen LogP contribution in [0.5, 0.6) is 0 Å². The van der Waals surface area contributed by atoms with Crippen LogP contribution in [0.4, 0.5) is 0 Å². The summed E-state index contributed by atoms with van der Waals surface area (Å²) < 4.78 is 5.98. The van der Waals surface area contributed by atoms with Crippen molar-refractivity contribution in [2.45, 2.75) is 51.6 Å². The van der Waals surface area contributed by atoms with Crippen molar-refractivity contribution < 1.29 is 9.53 Å². The number of unbranched alkanes of at least 4 members (excludes halogenated alkanes) is 1. The van der Waals surface area contributed by atoms with Crippen molar-refractivity contribution >= 4 is 5.78 Å². The van der Waals surface area contributed by atoms with Crippen LogP contribution in [0.15, 0.2) is 24.3 Å². The van der Waals surface area contributed by atoms with Gasteiger partial charge in [0.05, 0.1) is 6.10 Å². The molecule has 0 aromatic heterocycles. The predicted octanol–water partition coefficient (Wildman–Crippen LogP) is 3.84. The topological polar surface area (TPSA) is 26.3 Å². The second kappa shape index (κ2) is 6.69. The molecule has 1 aliphatic rings. The molecule has 0 bridgehead atoms. The molecule has 0 amide bonds. The first-order chi connectivity index (χ1) is 8.77. The lowest BCUT2D eigenvalue weighted by atomic mass is 9.89. The van der Waals surface area contributed by atoms with Gasteiger partial charge in [-0.3, -0.25) is 0 Å². The lowest BCUT2D eigenvalue weighted by molar-refractivity contribution is -0.117. The van der Waals surface area contributed by atoms with E-state index in [1.54, 1.807) is 6.92 Å². The van der Waals surface area contributed by atoms with Crippen LogP contribution in [0.2, 0.25) is 0 Å². The van der Waals surface area contributed by atoms with Gasteiger partial charge in [0.25, 0.3) is 0 Å². The standard InChI is InChI=1S/C16H22O2/c1-13(17)7-4-5-12-18-16-11-6-9-14-8-2-3-10-15(14)16/h2-3,8,10,16H,4-7,9,11-12H2,1H3. The summed E-state index contributed by atoms with van der Waals surface area (Å²) in [5.41, 5.74) is 2.81. The van der Waals surface area contributed by atoms with Crippen LogP contribution in [0.25, 0.3) is 0 Å². The lowest BCUT2D eigenvalue weighted by Gasteiger charge is -2.25. The highest BCUT2D eigenvalue weighted by Gasteiger charge is 2.19. The molecular weight excluding hydrogens is 224 g/mol. The van der Waals surface area contributed by atoms with Crippen molar-refractivity contribution in [2.75, 3.05) is 6.61 Å². The molecule has 0 aliphatic heterocycles. The Hall–Kier alpha value is -1.15. The molecule has 0 spiro atoms. The Labute approximate surface area is 109 Å². The van der Waals surface area contributed by atoms with E-state index in [1.165, 1.54) is 24.0 Å². The Morgan fingerprint density at radius 3 is 3.00 bits per heavy atom. The van der Waals surface area contributed by atoms with Gasteiger partial charge in [0.2, 0.25) is 0 Å². The number of ketones is 1. The van der Waals surface area contributed by atoms with E-state index in [4.69, 9.17) is 4.74 Å². The van der Waals surface area contributed by atoms with Crippen LogP contribution in [-0.2, 0) is 16.0 Å². The first kappa shape index (κ1) is 13.3. The largest absolute Gasteiger partial charge is 0.374 e.